The van der Waals surface area contributed by atoms with Crippen LogP contribution in [0.5, 0.6) is 5.75 Å². The zero-order chi connectivity index (χ0) is 16.3. The minimum atomic E-state index is -0.424. The van der Waals surface area contributed by atoms with E-state index in [4.69, 9.17) is 17.0 Å². The molecule has 0 aliphatic carbocycles. The number of aryl methyl sites for hydroxylation is 1. The number of methoxy groups -OCH3 is 1. The molecule has 0 saturated heterocycles. The SMILES string of the molecule is COc1cc([C@H](C)NC(=O)Cc2sc(=S)[nH]c2C)ccc1F. The van der Waals surface area contributed by atoms with Gasteiger partial charge in [-0.3, -0.25) is 4.79 Å². The molecule has 0 unspecified atom stereocenters. The summed E-state index contributed by atoms with van der Waals surface area (Å²) in [4.78, 5) is 16.1. The smallest absolute Gasteiger partial charge is 0.225 e. The Bertz CT molecular complexity index is 739. The van der Waals surface area contributed by atoms with Crippen molar-refractivity contribution < 1.29 is 13.9 Å². The summed E-state index contributed by atoms with van der Waals surface area (Å²) in [6.45, 7) is 3.74. The number of halogens is 1. The maximum atomic E-state index is 13.4. The molecule has 1 atom stereocenters. The number of hydrogen-bond donors (Lipinski definition) is 2. The Morgan fingerprint density at radius 1 is 1.55 bits per heavy atom. The van der Waals surface area contributed by atoms with Crippen LogP contribution in [0.3, 0.4) is 0 Å². The molecular formula is C15H17FN2O2S2. The molecule has 4 nitrogen and oxygen atoms in total. The van der Waals surface area contributed by atoms with Crippen LogP contribution in [0.1, 0.15) is 29.1 Å². The Balaban J connectivity index is 2.05. The number of carbonyl (C=O) groups is 1. The second-order valence-electron chi connectivity index (χ2n) is 4.92. The van der Waals surface area contributed by atoms with Crippen LogP contribution in [0.15, 0.2) is 18.2 Å². The van der Waals surface area contributed by atoms with E-state index < -0.39 is 5.82 Å². The first-order chi connectivity index (χ1) is 10.4. The summed E-state index contributed by atoms with van der Waals surface area (Å²) in [5.74, 6) is -0.366. The van der Waals surface area contributed by atoms with Crippen LogP contribution in [0.25, 0.3) is 0 Å². The van der Waals surface area contributed by atoms with E-state index >= 15 is 0 Å². The largest absolute Gasteiger partial charge is 0.494 e. The van der Waals surface area contributed by atoms with Gasteiger partial charge in [-0.2, -0.15) is 0 Å². The van der Waals surface area contributed by atoms with Crippen LogP contribution in [-0.4, -0.2) is 18.0 Å². The van der Waals surface area contributed by atoms with Crippen LogP contribution in [-0.2, 0) is 11.2 Å². The van der Waals surface area contributed by atoms with Gasteiger partial charge in [0.05, 0.1) is 19.6 Å². The molecule has 0 spiro atoms. The fourth-order valence-electron chi connectivity index (χ4n) is 2.07. The minimum absolute atomic E-state index is 0.107. The molecular weight excluding hydrogens is 323 g/mol. The highest BCUT2D eigenvalue weighted by molar-refractivity contribution is 7.73. The molecule has 0 fully saturated rings. The van der Waals surface area contributed by atoms with Gasteiger partial charge in [0.15, 0.2) is 15.5 Å². The summed E-state index contributed by atoms with van der Waals surface area (Å²) in [5.41, 5.74) is 1.70. The van der Waals surface area contributed by atoms with E-state index in [1.165, 1.54) is 24.5 Å². The van der Waals surface area contributed by atoms with Crippen molar-refractivity contribution in [3.05, 3.63) is 44.1 Å². The van der Waals surface area contributed by atoms with Crippen molar-refractivity contribution in [2.24, 2.45) is 0 Å². The van der Waals surface area contributed by atoms with Gasteiger partial charge in [-0.05, 0) is 43.8 Å². The molecule has 0 aliphatic rings. The number of nitrogens with one attached hydrogen (secondary N) is 2. The predicted octanol–water partition coefficient (Wildman–Crippen LogP) is 3.68. The van der Waals surface area contributed by atoms with E-state index in [1.54, 1.807) is 12.1 Å². The highest BCUT2D eigenvalue weighted by atomic mass is 32.1. The topological polar surface area (TPSA) is 54.1 Å². The van der Waals surface area contributed by atoms with E-state index in [-0.39, 0.29) is 24.1 Å². The van der Waals surface area contributed by atoms with Gasteiger partial charge in [0, 0.05) is 10.6 Å². The fraction of sp³-hybridized carbons (Fsp3) is 0.333. The standard InChI is InChI=1S/C15H17FN2O2S2/c1-8(10-4-5-11(16)12(6-10)20-3)17-14(19)7-13-9(2)18-15(21)22-13/h4-6,8H,7H2,1-3H3,(H,17,19)(H,18,21)/t8-/m0/s1. The third kappa shape index (κ3) is 3.92. The Labute approximate surface area is 137 Å². The normalized spacial score (nSPS) is 12.0. The zero-order valence-electron chi connectivity index (χ0n) is 12.5. The van der Waals surface area contributed by atoms with Crippen LogP contribution in [0.4, 0.5) is 4.39 Å². The number of rotatable bonds is 5. The fourth-order valence-corrected chi connectivity index (χ4v) is 3.36. The monoisotopic (exact) mass is 340 g/mol. The second-order valence-corrected chi connectivity index (χ2v) is 6.69. The molecule has 0 aliphatic heterocycles. The van der Waals surface area contributed by atoms with E-state index in [0.29, 0.717) is 3.95 Å². The van der Waals surface area contributed by atoms with Gasteiger partial charge in [-0.25, -0.2) is 4.39 Å². The summed E-state index contributed by atoms with van der Waals surface area (Å²) in [7, 11) is 1.41. The predicted molar refractivity (Wildman–Crippen MR) is 87.5 cm³/mol. The van der Waals surface area contributed by atoms with E-state index in [1.807, 2.05) is 13.8 Å². The van der Waals surface area contributed by atoms with E-state index in [9.17, 15) is 9.18 Å². The van der Waals surface area contributed by atoms with Crippen molar-refractivity contribution in [3.63, 3.8) is 0 Å². The van der Waals surface area contributed by atoms with Crippen molar-refractivity contribution in [2.75, 3.05) is 7.11 Å². The number of aromatic nitrogens is 1. The molecule has 2 aromatic rings. The van der Waals surface area contributed by atoms with Crippen LogP contribution in [0.2, 0.25) is 0 Å². The first-order valence-corrected chi connectivity index (χ1v) is 7.94. The number of thiazole rings is 1. The molecule has 1 aromatic heterocycles. The van der Waals surface area contributed by atoms with Crippen molar-refractivity contribution in [3.8, 4) is 5.75 Å². The van der Waals surface area contributed by atoms with Crippen molar-refractivity contribution in [1.29, 1.82) is 0 Å². The van der Waals surface area contributed by atoms with Gasteiger partial charge in [0.2, 0.25) is 5.91 Å². The van der Waals surface area contributed by atoms with Crippen molar-refractivity contribution in [1.82, 2.24) is 10.3 Å². The van der Waals surface area contributed by atoms with Gasteiger partial charge >= 0.3 is 0 Å². The lowest BCUT2D eigenvalue weighted by Gasteiger charge is -2.15. The first-order valence-electron chi connectivity index (χ1n) is 6.72. The average molecular weight is 340 g/mol. The van der Waals surface area contributed by atoms with Gasteiger partial charge in [-0.15, -0.1) is 11.3 Å². The van der Waals surface area contributed by atoms with E-state index in [2.05, 4.69) is 10.3 Å². The van der Waals surface area contributed by atoms with Crippen LogP contribution < -0.4 is 10.1 Å². The number of ether oxygens (including phenoxy) is 1. The van der Waals surface area contributed by atoms with Gasteiger partial charge in [-0.1, -0.05) is 6.07 Å². The molecule has 0 bridgehead atoms. The highest BCUT2D eigenvalue weighted by Gasteiger charge is 2.14. The second kappa shape index (κ2) is 7.02. The van der Waals surface area contributed by atoms with Crippen LogP contribution in [0, 0.1) is 16.7 Å². The van der Waals surface area contributed by atoms with Gasteiger partial charge in [0.25, 0.3) is 0 Å². The minimum Gasteiger partial charge on any atom is -0.494 e. The molecule has 0 saturated carbocycles. The Kier molecular flexibility index (Phi) is 5.31. The van der Waals surface area contributed by atoms with Crippen molar-refractivity contribution in [2.45, 2.75) is 26.3 Å². The third-order valence-corrected chi connectivity index (χ3v) is 4.63. The molecule has 2 rings (SSSR count). The van der Waals surface area contributed by atoms with Gasteiger partial charge in [0.1, 0.15) is 0 Å². The zero-order valence-corrected chi connectivity index (χ0v) is 14.2. The van der Waals surface area contributed by atoms with Crippen LogP contribution >= 0.6 is 23.6 Å². The Morgan fingerprint density at radius 2 is 2.27 bits per heavy atom. The molecule has 22 heavy (non-hydrogen) atoms. The molecule has 1 amide bonds. The highest BCUT2D eigenvalue weighted by Crippen LogP contribution is 2.23. The number of hydrogen-bond acceptors (Lipinski definition) is 4. The maximum absolute atomic E-state index is 13.4. The average Bonchev–Trinajstić information content (AvgIpc) is 2.77. The third-order valence-electron chi connectivity index (χ3n) is 3.30. The number of H-pyrrole nitrogens is 1. The lowest BCUT2D eigenvalue weighted by Crippen LogP contribution is -2.28. The summed E-state index contributed by atoms with van der Waals surface area (Å²) >= 11 is 6.46. The number of aromatic amines is 1. The summed E-state index contributed by atoms with van der Waals surface area (Å²) in [5, 5.41) is 2.89. The quantitative estimate of drug-likeness (QED) is 0.817. The summed E-state index contributed by atoms with van der Waals surface area (Å²) in [6, 6.07) is 4.31. The Hall–Kier alpha value is -1.73. The lowest BCUT2D eigenvalue weighted by atomic mass is 10.1. The molecule has 1 heterocycles. The van der Waals surface area contributed by atoms with Crippen molar-refractivity contribution >= 4 is 29.5 Å². The molecule has 1 aromatic carbocycles. The van der Waals surface area contributed by atoms with E-state index in [0.717, 1.165) is 16.1 Å². The number of amides is 1. The van der Waals surface area contributed by atoms with Gasteiger partial charge < -0.3 is 15.0 Å². The molecule has 7 heteroatoms. The summed E-state index contributed by atoms with van der Waals surface area (Å²) < 4.78 is 19.0. The first kappa shape index (κ1) is 16.6. The number of carbonyl (C=O) groups excluding carboxylic acids is 1. The Morgan fingerprint density at radius 3 is 2.86 bits per heavy atom. The maximum Gasteiger partial charge on any atom is 0.225 e. The molecule has 118 valence electrons. The molecule has 2 N–H and O–H groups in total. The summed E-state index contributed by atoms with van der Waals surface area (Å²) in [6.07, 6.45) is 0.270. The number of benzene rings is 1. The molecule has 0 radical (unpaired) electrons. The lowest BCUT2D eigenvalue weighted by molar-refractivity contribution is -0.121.